The van der Waals surface area contributed by atoms with E-state index in [0.717, 1.165) is 40.5 Å². The molecule has 0 bridgehead atoms. The van der Waals surface area contributed by atoms with E-state index in [1.54, 1.807) is 0 Å². The molecule has 2 rings (SSSR count). The van der Waals surface area contributed by atoms with E-state index in [0.29, 0.717) is 0 Å². The summed E-state index contributed by atoms with van der Waals surface area (Å²) in [6, 6.07) is 3.86. The Kier molecular flexibility index (Phi) is 4.62. The highest BCUT2D eigenvalue weighted by molar-refractivity contribution is 9.11. The Bertz CT molecular complexity index is 391. The van der Waals surface area contributed by atoms with Gasteiger partial charge >= 0.3 is 0 Å². The standard InChI is InChI=1S/C13H18BrNOS/c1-2-10-4-3-8-15(9-7-10)13(16)11-5-6-12(14)17-11/h5-6,10H,2-4,7-9H2,1H3. The van der Waals surface area contributed by atoms with Gasteiger partial charge in [0.2, 0.25) is 0 Å². The minimum Gasteiger partial charge on any atom is -0.338 e. The van der Waals surface area contributed by atoms with Crippen LogP contribution in [0.3, 0.4) is 0 Å². The zero-order chi connectivity index (χ0) is 12.3. The van der Waals surface area contributed by atoms with Crippen LogP contribution < -0.4 is 0 Å². The van der Waals surface area contributed by atoms with Gasteiger partial charge in [-0.05, 0) is 53.2 Å². The summed E-state index contributed by atoms with van der Waals surface area (Å²) in [6.45, 7) is 4.09. The van der Waals surface area contributed by atoms with Gasteiger partial charge in [0.05, 0.1) is 8.66 Å². The van der Waals surface area contributed by atoms with Gasteiger partial charge in [0, 0.05) is 13.1 Å². The first-order valence-electron chi connectivity index (χ1n) is 6.25. The summed E-state index contributed by atoms with van der Waals surface area (Å²) in [7, 11) is 0. The van der Waals surface area contributed by atoms with Crippen molar-refractivity contribution >= 4 is 33.2 Å². The van der Waals surface area contributed by atoms with Crippen LogP contribution in [-0.2, 0) is 0 Å². The fourth-order valence-corrected chi connectivity index (χ4v) is 3.72. The van der Waals surface area contributed by atoms with Crippen LogP contribution in [0.5, 0.6) is 0 Å². The van der Waals surface area contributed by atoms with Crippen molar-refractivity contribution in [2.24, 2.45) is 5.92 Å². The van der Waals surface area contributed by atoms with E-state index in [2.05, 4.69) is 22.9 Å². The van der Waals surface area contributed by atoms with Crippen molar-refractivity contribution in [3.05, 3.63) is 20.8 Å². The van der Waals surface area contributed by atoms with E-state index in [9.17, 15) is 4.79 Å². The van der Waals surface area contributed by atoms with Crippen molar-refractivity contribution < 1.29 is 4.79 Å². The molecular formula is C13H18BrNOS. The number of hydrogen-bond acceptors (Lipinski definition) is 2. The first kappa shape index (κ1) is 13.1. The summed E-state index contributed by atoms with van der Waals surface area (Å²) in [5, 5.41) is 0. The van der Waals surface area contributed by atoms with Crippen molar-refractivity contribution in [1.82, 2.24) is 4.90 Å². The first-order chi connectivity index (χ1) is 8.20. The van der Waals surface area contributed by atoms with Crippen LogP contribution >= 0.6 is 27.3 Å². The molecule has 94 valence electrons. The predicted octanol–water partition coefficient (Wildman–Crippen LogP) is 4.16. The quantitative estimate of drug-likeness (QED) is 0.802. The van der Waals surface area contributed by atoms with Gasteiger partial charge in [-0.1, -0.05) is 13.3 Å². The summed E-state index contributed by atoms with van der Waals surface area (Å²) in [5.41, 5.74) is 0. The third kappa shape index (κ3) is 3.32. The van der Waals surface area contributed by atoms with Crippen molar-refractivity contribution in [3.63, 3.8) is 0 Å². The van der Waals surface area contributed by atoms with Crippen LogP contribution in [0.15, 0.2) is 15.9 Å². The van der Waals surface area contributed by atoms with E-state index < -0.39 is 0 Å². The number of nitrogens with zero attached hydrogens (tertiary/aromatic N) is 1. The molecule has 1 aromatic rings. The van der Waals surface area contributed by atoms with E-state index in [4.69, 9.17) is 0 Å². The second-order valence-electron chi connectivity index (χ2n) is 4.60. The lowest BCUT2D eigenvalue weighted by atomic mass is 9.98. The molecule has 1 saturated heterocycles. The topological polar surface area (TPSA) is 20.3 Å². The third-order valence-electron chi connectivity index (χ3n) is 3.50. The highest BCUT2D eigenvalue weighted by Crippen LogP contribution is 2.26. The molecule has 0 spiro atoms. The zero-order valence-electron chi connectivity index (χ0n) is 10.1. The van der Waals surface area contributed by atoms with Gasteiger partial charge in [0.1, 0.15) is 0 Å². The van der Waals surface area contributed by atoms with Crippen molar-refractivity contribution in [2.75, 3.05) is 13.1 Å². The smallest absolute Gasteiger partial charge is 0.263 e. The molecule has 1 aliphatic heterocycles. The molecule has 2 heterocycles. The summed E-state index contributed by atoms with van der Waals surface area (Å²) in [5.74, 6) is 1.01. The number of carbonyl (C=O) groups is 1. The van der Waals surface area contributed by atoms with Crippen molar-refractivity contribution in [1.29, 1.82) is 0 Å². The van der Waals surface area contributed by atoms with Gasteiger partial charge in [0.15, 0.2) is 0 Å². The molecule has 2 nitrogen and oxygen atoms in total. The van der Waals surface area contributed by atoms with Crippen LogP contribution in [0.25, 0.3) is 0 Å². The van der Waals surface area contributed by atoms with Gasteiger partial charge in [0.25, 0.3) is 5.91 Å². The van der Waals surface area contributed by atoms with Gasteiger partial charge in [-0.25, -0.2) is 0 Å². The maximum Gasteiger partial charge on any atom is 0.263 e. The summed E-state index contributed by atoms with van der Waals surface area (Å²) < 4.78 is 1.03. The second kappa shape index (κ2) is 6.01. The number of carbonyl (C=O) groups excluding carboxylic acids is 1. The molecule has 0 aromatic carbocycles. The third-order valence-corrected chi connectivity index (χ3v) is 5.11. The predicted molar refractivity (Wildman–Crippen MR) is 75.6 cm³/mol. The molecule has 1 aliphatic rings. The highest BCUT2D eigenvalue weighted by Gasteiger charge is 2.21. The minimum absolute atomic E-state index is 0.206. The normalized spacial score (nSPS) is 21.3. The van der Waals surface area contributed by atoms with E-state index in [1.807, 2.05) is 17.0 Å². The number of amides is 1. The molecule has 1 amide bonds. The monoisotopic (exact) mass is 315 g/mol. The Hall–Kier alpha value is -0.350. The molecule has 1 fully saturated rings. The Morgan fingerprint density at radius 2 is 2.29 bits per heavy atom. The zero-order valence-corrected chi connectivity index (χ0v) is 12.5. The Morgan fingerprint density at radius 1 is 1.47 bits per heavy atom. The maximum absolute atomic E-state index is 12.3. The van der Waals surface area contributed by atoms with Crippen molar-refractivity contribution in [3.8, 4) is 0 Å². The number of hydrogen-bond donors (Lipinski definition) is 0. The molecule has 1 aromatic heterocycles. The molecule has 17 heavy (non-hydrogen) atoms. The summed E-state index contributed by atoms with van der Waals surface area (Å²) >= 11 is 4.94. The van der Waals surface area contributed by atoms with Gasteiger partial charge in [-0.3, -0.25) is 4.79 Å². The Balaban J connectivity index is 2.00. The largest absolute Gasteiger partial charge is 0.338 e. The van der Waals surface area contributed by atoms with Crippen LogP contribution in [0, 0.1) is 5.92 Å². The Labute approximate surface area is 115 Å². The lowest BCUT2D eigenvalue weighted by molar-refractivity contribution is 0.0765. The fraction of sp³-hybridized carbons (Fsp3) is 0.615. The number of rotatable bonds is 2. The molecule has 0 saturated carbocycles. The number of halogens is 1. The van der Waals surface area contributed by atoms with E-state index >= 15 is 0 Å². The van der Waals surface area contributed by atoms with Crippen LogP contribution in [0.1, 0.15) is 42.3 Å². The first-order valence-corrected chi connectivity index (χ1v) is 7.86. The summed E-state index contributed by atoms with van der Waals surface area (Å²) in [6.07, 6.45) is 4.83. The molecule has 4 heteroatoms. The van der Waals surface area contributed by atoms with E-state index in [-0.39, 0.29) is 5.91 Å². The molecule has 1 atom stereocenters. The SMILES string of the molecule is CCC1CCCN(C(=O)c2ccc(Br)s2)CC1. The average Bonchev–Trinajstić information content (AvgIpc) is 2.64. The minimum atomic E-state index is 0.206. The molecule has 0 N–H and O–H groups in total. The highest BCUT2D eigenvalue weighted by atomic mass is 79.9. The second-order valence-corrected chi connectivity index (χ2v) is 7.06. The van der Waals surface area contributed by atoms with Crippen molar-refractivity contribution in [2.45, 2.75) is 32.6 Å². The number of thiophene rings is 1. The van der Waals surface area contributed by atoms with Gasteiger partial charge in [-0.15, -0.1) is 11.3 Å². The molecule has 1 unspecified atom stereocenters. The van der Waals surface area contributed by atoms with Crippen LogP contribution in [-0.4, -0.2) is 23.9 Å². The van der Waals surface area contributed by atoms with Crippen LogP contribution in [0.4, 0.5) is 0 Å². The molecule has 0 aliphatic carbocycles. The Morgan fingerprint density at radius 3 is 2.94 bits per heavy atom. The lowest BCUT2D eigenvalue weighted by Crippen LogP contribution is -2.31. The number of likely N-dealkylation sites (tertiary alicyclic amines) is 1. The van der Waals surface area contributed by atoms with Crippen LogP contribution in [0.2, 0.25) is 0 Å². The fourth-order valence-electron chi connectivity index (χ4n) is 2.36. The van der Waals surface area contributed by atoms with E-state index in [1.165, 1.54) is 24.2 Å². The lowest BCUT2D eigenvalue weighted by Gasteiger charge is -2.19. The molecular weight excluding hydrogens is 298 g/mol. The molecule has 0 radical (unpaired) electrons. The average molecular weight is 316 g/mol. The van der Waals surface area contributed by atoms with Gasteiger partial charge in [-0.2, -0.15) is 0 Å². The summed E-state index contributed by atoms with van der Waals surface area (Å²) in [4.78, 5) is 15.2. The van der Waals surface area contributed by atoms with Gasteiger partial charge < -0.3 is 4.90 Å². The maximum atomic E-state index is 12.3.